The van der Waals surface area contributed by atoms with Gasteiger partial charge in [-0.3, -0.25) is 0 Å². The Morgan fingerprint density at radius 1 is 1.60 bits per heavy atom. The molecule has 5 nitrogen and oxygen atoms in total. The summed E-state index contributed by atoms with van der Waals surface area (Å²) < 4.78 is 0. The first kappa shape index (κ1) is 6.85. The van der Waals surface area contributed by atoms with E-state index in [1.54, 1.807) is 7.05 Å². The number of carboxylic acid groups (broad SMARTS) is 1. The fraction of sp³-hybridized carbons (Fsp3) is 0.600. The normalized spacial score (nSPS) is 18.3. The van der Waals surface area contributed by atoms with Crippen molar-refractivity contribution in [2.24, 2.45) is 0 Å². The van der Waals surface area contributed by atoms with Gasteiger partial charge in [0.05, 0.1) is 6.54 Å². The zero-order chi connectivity index (χ0) is 7.72. The van der Waals surface area contributed by atoms with Crippen LogP contribution in [-0.2, 0) is 0 Å². The highest BCUT2D eigenvalue weighted by atomic mass is 16.4. The second-order valence-corrected chi connectivity index (χ2v) is 2.14. The quantitative estimate of drug-likeness (QED) is 0.521. The Hall–Kier alpha value is -1.26. The number of rotatable bonds is 0. The molecule has 0 radical (unpaired) electrons. The summed E-state index contributed by atoms with van der Waals surface area (Å²) in [6.45, 7) is 0.774. The molecule has 1 aliphatic heterocycles. The lowest BCUT2D eigenvalue weighted by atomic mass is 10.6. The van der Waals surface area contributed by atoms with Crippen LogP contribution >= 0.6 is 0 Å². The van der Waals surface area contributed by atoms with E-state index in [2.05, 4.69) is 0 Å². The summed E-state index contributed by atoms with van der Waals surface area (Å²) in [6, 6.07) is -0.437. The summed E-state index contributed by atoms with van der Waals surface area (Å²) in [5.74, 6) is 0. The van der Waals surface area contributed by atoms with Crippen molar-refractivity contribution in [1.82, 2.24) is 9.80 Å². The van der Waals surface area contributed by atoms with E-state index in [0.717, 1.165) is 4.90 Å². The van der Waals surface area contributed by atoms with Gasteiger partial charge >= 0.3 is 12.1 Å². The van der Waals surface area contributed by atoms with Crippen LogP contribution in [-0.4, -0.2) is 47.2 Å². The van der Waals surface area contributed by atoms with Crippen LogP contribution in [0.15, 0.2) is 0 Å². The molecule has 1 saturated heterocycles. The maximum atomic E-state index is 10.8. The average molecular weight is 144 g/mol. The number of hydrogen-bond donors (Lipinski definition) is 1. The average Bonchev–Trinajstić information content (AvgIpc) is 2.14. The molecule has 0 aliphatic carbocycles. The monoisotopic (exact) mass is 144 g/mol. The van der Waals surface area contributed by atoms with E-state index in [1.807, 2.05) is 0 Å². The summed E-state index contributed by atoms with van der Waals surface area (Å²) in [6.07, 6.45) is -1.17. The summed E-state index contributed by atoms with van der Waals surface area (Å²) in [7, 11) is 1.57. The molecular formula is C5H8N2O3. The lowest BCUT2D eigenvalue weighted by Crippen LogP contribution is -2.33. The van der Waals surface area contributed by atoms with Gasteiger partial charge in [-0.25, -0.2) is 14.5 Å². The standard InChI is InChI=1S/C5H8N2O3/c1-6-2-3-7(4(6)8)5(9)10/h2-3H2,1H3,(H,9,10). The third kappa shape index (κ3) is 0.896. The molecule has 3 amide bonds. The molecule has 0 atom stereocenters. The van der Waals surface area contributed by atoms with E-state index < -0.39 is 12.1 Å². The van der Waals surface area contributed by atoms with Crippen molar-refractivity contribution in [1.29, 1.82) is 0 Å². The molecule has 1 N–H and O–H groups in total. The first-order valence-electron chi connectivity index (χ1n) is 2.88. The third-order valence-corrected chi connectivity index (χ3v) is 1.45. The Morgan fingerprint density at radius 3 is 2.40 bits per heavy atom. The zero-order valence-electron chi connectivity index (χ0n) is 5.57. The van der Waals surface area contributed by atoms with E-state index in [0.29, 0.717) is 6.54 Å². The molecule has 56 valence electrons. The molecular weight excluding hydrogens is 136 g/mol. The molecule has 10 heavy (non-hydrogen) atoms. The predicted molar refractivity (Wildman–Crippen MR) is 32.8 cm³/mol. The van der Waals surface area contributed by atoms with Crippen molar-refractivity contribution in [2.45, 2.75) is 0 Å². The lowest BCUT2D eigenvalue weighted by Gasteiger charge is -2.08. The smallest absolute Gasteiger partial charge is 0.415 e. The minimum Gasteiger partial charge on any atom is -0.465 e. The highest BCUT2D eigenvalue weighted by Gasteiger charge is 2.29. The molecule has 0 unspecified atom stereocenters. The van der Waals surface area contributed by atoms with Crippen molar-refractivity contribution in [2.75, 3.05) is 20.1 Å². The van der Waals surface area contributed by atoms with Crippen LogP contribution in [0.5, 0.6) is 0 Å². The van der Waals surface area contributed by atoms with Crippen molar-refractivity contribution in [3.8, 4) is 0 Å². The van der Waals surface area contributed by atoms with Crippen LogP contribution in [0.3, 0.4) is 0 Å². The minimum absolute atomic E-state index is 0.282. The van der Waals surface area contributed by atoms with E-state index in [-0.39, 0.29) is 6.54 Å². The molecule has 0 saturated carbocycles. The lowest BCUT2D eigenvalue weighted by molar-refractivity contribution is 0.154. The van der Waals surface area contributed by atoms with E-state index >= 15 is 0 Å². The Balaban J connectivity index is 2.66. The third-order valence-electron chi connectivity index (χ3n) is 1.45. The van der Waals surface area contributed by atoms with E-state index in [1.165, 1.54) is 4.90 Å². The summed E-state index contributed by atoms with van der Waals surface area (Å²) in [4.78, 5) is 23.2. The topological polar surface area (TPSA) is 60.9 Å². The Kier molecular flexibility index (Phi) is 1.48. The SMILES string of the molecule is CN1CCN(C(=O)O)C1=O. The van der Waals surface area contributed by atoms with Crippen LogP contribution < -0.4 is 0 Å². The van der Waals surface area contributed by atoms with Crippen molar-refractivity contribution < 1.29 is 14.7 Å². The fourth-order valence-electron chi connectivity index (χ4n) is 0.825. The number of likely N-dealkylation sites (N-methyl/N-ethyl adjacent to an activating group) is 1. The fourth-order valence-corrected chi connectivity index (χ4v) is 0.825. The van der Waals surface area contributed by atoms with Gasteiger partial charge in [0, 0.05) is 13.6 Å². The molecule has 5 heteroatoms. The van der Waals surface area contributed by atoms with Crippen LogP contribution in [0, 0.1) is 0 Å². The Bertz CT molecular complexity index is 180. The Labute approximate surface area is 57.8 Å². The maximum Gasteiger partial charge on any atom is 0.415 e. The second kappa shape index (κ2) is 2.17. The molecule has 0 bridgehead atoms. The molecule has 1 rings (SSSR count). The second-order valence-electron chi connectivity index (χ2n) is 2.14. The van der Waals surface area contributed by atoms with Gasteiger partial charge in [-0.05, 0) is 0 Å². The maximum absolute atomic E-state index is 10.8. The molecule has 0 aromatic carbocycles. The summed E-state index contributed by atoms with van der Waals surface area (Å²) in [5, 5.41) is 8.38. The number of nitrogens with zero attached hydrogens (tertiary/aromatic N) is 2. The van der Waals surface area contributed by atoms with Gasteiger partial charge < -0.3 is 10.0 Å². The van der Waals surface area contributed by atoms with Gasteiger partial charge in [0.15, 0.2) is 0 Å². The number of amides is 3. The van der Waals surface area contributed by atoms with Crippen molar-refractivity contribution >= 4 is 12.1 Å². The van der Waals surface area contributed by atoms with Crippen LogP contribution in [0.25, 0.3) is 0 Å². The van der Waals surface area contributed by atoms with Crippen LogP contribution in [0.4, 0.5) is 9.59 Å². The highest BCUT2D eigenvalue weighted by molar-refractivity contribution is 5.91. The predicted octanol–water partition coefficient (Wildman–Crippen LogP) is 0.0318. The van der Waals surface area contributed by atoms with E-state index in [4.69, 9.17) is 5.11 Å². The van der Waals surface area contributed by atoms with Gasteiger partial charge in [0.2, 0.25) is 0 Å². The van der Waals surface area contributed by atoms with Gasteiger partial charge in [0.25, 0.3) is 0 Å². The zero-order valence-corrected chi connectivity index (χ0v) is 5.57. The number of carbonyl (C=O) groups is 2. The molecule has 1 heterocycles. The number of imide groups is 1. The Morgan fingerprint density at radius 2 is 2.20 bits per heavy atom. The molecule has 1 aliphatic rings. The molecule has 0 aromatic rings. The summed E-state index contributed by atoms with van der Waals surface area (Å²) >= 11 is 0. The first-order chi connectivity index (χ1) is 4.63. The largest absolute Gasteiger partial charge is 0.465 e. The minimum atomic E-state index is -1.17. The number of urea groups is 1. The van der Waals surface area contributed by atoms with E-state index in [9.17, 15) is 9.59 Å². The molecule has 0 spiro atoms. The van der Waals surface area contributed by atoms with Gasteiger partial charge in [-0.2, -0.15) is 0 Å². The number of carbonyl (C=O) groups excluding carboxylic acids is 1. The highest BCUT2D eigenvalue weighted by Crippen LogP contribution is 2.04. The van der Waals surface area contributed by atoms with Crippen LogP contribution in [0.2, 0.25) is 0 Å². The van der Waals surface area contributed by atoms with Crippen molar-refractivity contribution in [3.63, 3.8) is 0 Å². The van der Waals surface area contributed by atoms with Gasteiger partial charge in [-0.1, -0.05) is 0 Å². The molecule has 0 aromatic heterocycles. The molecule has 1 fully saturated rings. The first-order valence-corrected chi connectivity index (χ1v) is 2.88. The van der Waals surface area contributed by atoms with Crippen molar-refractivity contribution in [3.05, 3.63) is 0 Å². The van der Waals surface area contributed by atoms with Crippen LogP contribution in [0.1, 0.15) is 0 Å². The summed E-state index contributed by atoms with van der Waals surface area (Å²) in [5.41, 5.74) is 0. The number of hydrogen-bond acceptors (Lipinski definition) is 2. The van der Waals surface area contributed by atoms with Gasteiger partial charge in [0.1, 0.15) is 0 Å². The van der Waals surface area contributed by atoms with Gasteiger partial charge in [-0.15, -0.1) is 0 Å².